The van der Waals surface area contributed by atoms with Crippen LogP contribution in [-0.2, 0) is 0 Å². The second-order valence-electron chi connectivity index (χ2n) is 4.58. The second-order valence-corrected chi connectivity index (χ2v) is 5.90. The first kappa shape index (κ1) is 12.3. The SMILES string of the molecule is Cc1ccc(C(CN)c2ccc(C)c(C)c2)s1. The lowest BCUT2D eigenvalue weighted by Crippen LogP contribution is -2.12. The molecule has 1 unspecified atom stereocenters. The molecule has 0 fully saturated rings. The zero-order valence-electron chi connectivity index (χ0n) is 10.7. The minimum Gasteiger partial charge on any atom is -0.329 e. The van der Waals surface area contributed by atoms with Crippen molar-refractivity contribution in [1.82, 2.24) is 0 Å². The molecule has 1 heterocycles. The predicted octanol–water partition coefficient (Wildman–Crippen LogP) is 3.76. The van der Waals surface area contributed by atoms with Crippen LogP contribution in [0.1, 0.15) is 32.4 Å². The van der Waals surface area contributed by atoms with Crippen LogP contribution in [0.4, 0.5) is 0 Å². The summed E-state index contributed by atoms with van der Waals surface area (Å²) >= 11 is 1.85. The Morgan fingerprint density at radius 3 is 2.35 bits per heavy atom. The number of hydrogen-bond acceptors (Lipinski definition) is 2. The highest BCUT2D eigenvalue weighted by Gasteiger charge is 2.14. The first-order chi connectivity index (χ1) is 8.11. The van der Waals surface area contributed by atoms with E-state index in [1.165, 1.54) is 26.4 Å². The molecule has 1 nitrogen and oxygen atoms in total. The van der Waals surface area contributed by atoms with Crippen LogP contribution in [0.25, 0.3) is 0 Å². The van der Waals surface area contributed by atoms with E-state index in [2.05, 4.69) is 51.1 Å². The lowest BCUT2D eigenvalue weighted by Gasteiger charge is -2.15. The van der Waals surface area contributed by atoms with E-state index >= 15 is 0 Å². The molecule has 0 aliphatic carbocycles. The number of thiophene rings is 1. The monoisotopic (exact) mass is 245 g/mol. The minimum atomic E-state index is 0.341. The van der Waals surface area contributed by atoms with E-state index in [0.29, 0.717) is 12.5 Å². The quantitative estimate of drug-likeness (QED) is 0.875. The fourth-order valence-corrected chi connectivity index (χ4v) is 3.06. The van der Waals surface area contributed by atoms with Gasteiger partial charge in [-0.2, -0.15) is 0 Å². The van der Waals surface area contributed by atoms with Gasteiger partial charge in [0, 0.05) is 22.2 Å². The summed E-state index contributed by atoms with van der Waals surface area (Å²) in [5.41, 5.74) is 9.95. The van der Waals surface area contributed by atoms with Crippen LogP contribution in [0.15, 0.2) is 30.3 Å². The average Bonchev–Trinajstić information content (AvgIpc) is 2.71. The van der Waals surface area contributed by atoms with Crippen molar-refractivity contribution in [3.05, 3.63) is 56.8 Å². The maximum absolute atomic E-state index is 5.94. The maximum Gasteiger partial charge on any atom is 0.0306 e. The molecule has 2 aromatic rings. The van der Waals surface area contributed by atoms with Crippen LogP contribution in [0.2, 0.25) is 0 Å². The lowest BCUT2D eigenvalue weighted by atomic mass is 9.94. The van der Waals surface area contributed by atoms with E-state index in [0.717, 1.165) is 0 Å². The Labute approximate surface area is 107 Å². The zero-order chi connectivity index (χ0) is 12.4. The second kappa shape index (κ2) is 5.03. The molecule has 2 heteroatoms. The molecule has 0 saturated carbocycles. The van der Waals surface area contributed by atoms with Crippen molar-refractivity contribution >= 4 is 11.3 Å². The summed E-state index contributed by atoms with van der Waals surface area (Å²) in [6, 6.07) is 11.0. The Morgan fingerprint density at radius 2 is 1.82 bits per heavy atom. The summed E-state index contributed by atoms with van der Waals surface area (Å²) in [5.74, 6) is 0.341. The summed E-state index contributed by atoms with van der Waals surface area (Å²) in [6.45, 7) is 7.11. The summed E-state index contributed by atoms with van der Waals surface area (Å²) in [6.07, 6.45) is 0. The van der Waals surface area contributed by atoms with E-state index in [4.69, 9.17) is 5.73 Å². The van der Waals surface area contributed by atoms with E-state index in [-0.39, 0.29) is 0 Å². The number of benzene rings is 1. The maximum atomic E-state index is 5.94. The third kappa shape index (κ3) is 2.59. The Bertz CT molecular complexity index is 513. The van der Waals surface area contributed by atoms with Crippen molar-refractivity contribution in [1.29, 1.82) is 0 Å². The van der Waals surface area contributed by atoms with E-state index < -0.39 is 0 Å². The van der Waals surface area contributed by atoms with E-state index in [1.807, 2.05) is 11.3 Å². The van der Waals surface area contributed by atoms with Gasteiger partial charge in [0.05, 0.1) is 0 Å². The minimum absolute atomic E-state index is 0.341. The molecule has 1 aromatic heterocycles. The van der Waals surface area contributed by atoms with Crippen LogP contribution in [0, 0.1) is 20.8 Å². The first-order valence-electron chi connectivity index (χ1n) is 5.95. The molecular formula is C15H19NS. The van der Waals surface area contributed by atoms with Gasteiger partial charge < -0.3 is 5.73 Å². The largest absolute Gasteiger partial charge is 0.329 e. The summed E-state index contributed by atoms with van der Waals surface area (Å²) in [4.78, 5) is 2.72. The molecule has 0 spiro atoms. The van der Waals surface area contributed by atoms with Gasteiger partial charge in [0.25, 0.3) is 0 Å². The van der Waals surface area contributed by atoms with Crippen LogP contribution >= 0.6 is 11.3 Å². The van der Waals surface area contributed by atoms with Crippen molar-refractivity contribution in [3.63, 3.8) is 0 Å². The van der Waals surface area contributed by atoms with Gasteiger partial charge in [-0.25, -0.2) is 0 Å². The summed E-state index contributed by atoms with van der Waals surface area (Å²) in [5, 5.41) is 0. The Hall–Kier alpha value is -1.12. The predicted molar refractivity (Wildman–Crippen MR) is 75.9 cm³/mol. The fraction of sp³-hybridized carbons (Fsp3) is 0.333. The molecule has 2 N–H and O–H groups in total. The Kier molecular flexibility index (Phi) is 3.65. The molecule has 0 saturated heterocycles. The molecule has 17 heavy (non-hydrogen) atoms. The van der Waals surface area contributed by atoms with Crippen LogP contribution in [0.3, 0.4) is 0 Å². The molecule has 1 aromatic carbocycles. The first-order valence-corrected chi connectivity index (χ1v) is 6.77. The van der Waals surface area contributed by atoms with Crippen LogP contribution < -0.4 is 5.73 Å². The van der Waals surface area contributed by atoms with Gasteiger partial charge in [0.15, 0.2) is 0 Å². The average molecular weight is 245 g/mol. The van der Waals surface area contributed by atoms with Crippen molar-refractivity contribution in [2.45, 2.75) is 26.7 Å². The molecule has 0 aliphatic heterocycles. The normalized spacial score (nSPS) is 12.7. The molecule has 90 valence electrons. The van der Waals surface area contributed by atoms with Gasteiger partial charge in [-0.1, -0.05) is 18.2 Å². The molecule has 1 atom stereocenters. The Balaban J connectivity index is 2.38. The number of hydrogen-bond donors (Lipinski definition) is 1. The number of aryl methyl sites for hydroxylation is 3. The molecule has 0 bridgehead atoms. The molecule has 0 aliphatic rings. The lowest BCUT2D eigenvalue weighted by molar-refractivity contribution is 0.833. The molecular weight excluding hydrogens is 226 g/mol. The van der Waals surface area contributed by atoms with Gasteiger partial charge in [0.2, 0.25) is 0 Å². The van der Waals surface area contributed by atoms with Crippen molar-refractivity contribution in [2.24, 2.45) is 5.73 Å². The zero-order valence-corrected chi connectivity index (χ0v) is 11.5. The Morgan fingerprint density at radius 1 is 1.06 bits per heavy atom. The highest BCUT2D eigenvalue weighted by atomic mass is 32.1. The molecule has 2 rings (SSSR count). The number of rotatable bonds is 3. The highest BCUT2D eigenvalue weighted by Crippen LogP contribution is 2.30. The van der Waals surface area contributed by atoms with Crippen molar-refractivity contribution in [3.8, 4) is 0 Å². The van der Waals surface area contributed by atoms with Gasteiger partial charge in [-0.3, -0.25) is 0 Å². The third-order valence-electron chi connectivity index (χ3n) is 3.27. The fourth-order valence-electron chi connectivity index (χ4n) is 2.04. The molecule has 0 amide bonds. The van der Waals surface area contributed by atoms with Gasteiger partial charge in [-0.15, -0.1) is 11.3 Å². The summed E-state index contributed by atoms with van der Waals surface area (Å²) in [7, 11) is 0. The highest BCUT2D eigenvalue weighted by molar-refractivity contribution is 7.12. The van der Waals surface area contributed by atoms with Crippen LogP contribution in [-0.4, -0.2) is 6.54 Å². The smallest absolute Gasteiger partial charge is 0.0306 e. The van der Waals surface area contributed by atoms with Gasteiger partial charge in [-0.05, 0) is 49.6 Å². The van der Waals surface area contributed by atoms with Crippen molar-refractivity contribution in [2.75, 3.05) is 6.54 Å². The van der Waals surface area contributed by atoms with E-state index in [9.17, 15) is 0 Å². The summed E-state index contributed by atoms with van der Waals surface area (Å²) < 4.78 is 0. The standard InChI is InChI=1S/C15H19NS/c1-10-4-6-13(8-11(10)2)14(9-16)15-7-5-12(3)17-15/h4-8,14H,9,16H2,1-3H3. The third-order valence-corrected chi connectivity index (χ3v) is 4.39. The molecule has 0 radical (unpaired) electrons. The van der Waals surface area contributed by atoms with Crippen LogP contribution in [0.5, 0.6) is 0 Å². The van der Waals surface area contributed by atoms with Gasteiger partial charge in [0.1, 0.15) is 0 Å². The van der Waals surface area contributed by atoms with E-state index in [1.54, 1.807) is 0 Å². The van der Waals surface area contributed by atoms with Crippen molar-refractivity contribution < 1.29 is 0 Å². The topological polar surface area (TPSA) is 26.0 Å². The number of nitrogens with two attached hydrogens (primary N) is 1. The van der Waals surface area contributed by atoms with Gasteiger partial charge >= 0.3 is 0 Å².